The zero-order valence-electron chi connectivity index (χ0n) is 19.4. The molecule has 7 heteroatoms. The minimum Gasteiger partial charge on any atom is -0.481 e. The minimum atomic E-state index is -1.03. The van der Waals surface area contributed by atoms with E-state index in [1.54, 1.807) is 30.7 Å². The van der Waals surface area contributed by atoms with Crippen molar-refractivity contribution >= 4 is 11.9 Å². The van der Waals surface area contributed by atoms with Crippen molar-refractivity contribution in [1.82, 2.24) is 14.9 Å². The molecule has 0 spiro atoms. The summed E-state index contributed by atoms with van der Waals surface area (Å²) < 4.78 is 1.44. The van der Waals surface area contributed by atoms with E-state index in [-0.39, 0.29) is 17.9 Å². The number of carbonyl (C=O) groups is 2. The van der Waals surface area contributed by atoms with E-state index in [2.05, 4.69) is 10.3 Å². The number of pyridine rings is 2. The van der Waals surface area contributed by atoms with Gasteiger partial charge in [0.05, 0.1) is 12.5 Å². The van der Waals surface area contributed by atoms with Crippen LogP contribution >= 0.6 is 0 Å². The smallest absolute Gasteiger partial charge is 0.305 e. The van der Waals surface area contributed by atoms with Crippen LogP contribution in [-0.4, -0.2) is 26.5 Å². The predicted octanol–water partition coefficient (Wildman–Crippen LogP) is 4.20. The van der Waals surface area contributed by atoms with Crippen LogP contribution in [0.5, 0.6) is 0 Å². The number of nitrogens with one attached hydrogen (secondary N) is 1. The molecule has 2 heterocycles. The molecule has 0 saturated heterocycles. The molecular weight excluding hydrogens is 430 g/mol. The first-order chi connectivity index (χ1) is 16.3. The summed E-state index contributed by atoms with van der Waals surface area (Å²) in [5.41, 5.74) is 4.45. The van der Waals surface area contributed by atoms with Crippen LogP contribution in [0.25, 0.3) is 11.1 Å². The van der Waals surface area contributed by atoms with E-state index < -0.39 is 18.1 Å². The number of amides is 1. The number of carboxylic acid groups (broad SMARTS) is 1. The Kier molecular flexibility index (Phi) is 6.91. The molecule has 0 aliphatic heterocycles. The molecule has 0 bridgehead atoms. The molecule has 176 valence electrons. The van der Waals surface area contributed by atoms with E-state index in [0.717, 1.165) is 35.1 Å². The molecule has 7 nitrogen and oxygen atoms in total. The van der Waals surface area contributed by atoms with Gasteiger partial charge in [-0.3, -0.25) is 19.4 Å². The lowest BCUT2D eigenvalue weighted by Gasteiger charge is -2.24. The topological polar surface area (TPSA) is 101 Å². The quantitative estimate of drug-likeness (QED) is 0.499. The van der Waals surface area contributed by atoms with Gasteiger partial charge in [0, 0.05) is 30.2 Å². The maximum Gasteiger partial charge on any atom is 0.305 e. The largest absolute Gasteiger partial charge is 0.481 e. The Balaban J connectivity index is 1.66. The van der Waals surface area contributed by atoms with Crippen LogP contribution in [0.15, 0.2) is 65.8 Å². The summed E-state index contributed by atoms with van der Waals surface area (Å²) in [4.78, 5) is 41.9. The molecule has 2 N–H and O–H groups in total. The van der Waals surface area contributed by atoms with Gasteiger partial charge in [0.25, 0.3) is 5.56 Å². The highest BCUT2D eigenvalue weighted by Crippen LogP contribution is 2.37. The molecule has 1 aromatic carbocycles. The number of nitrogens with zero attached hydrogens (tertiary/aromatic N) is 2. The third-order valence-corrected chi connectivity index (χ3v) is 6.37. The number of aromatic nitrogens is 2. The van der Waals surface area contributed by atoms with Crippen molar-refractivity contribution in [2.75, 3.05) is 0 Å². The second-order valence-corrected chi connectivity index (χ2v) is 9.07. The van der Waals surface area contributed by atoms with Crippen molar-refractivity contribution in [2.24, 2.45) is 5.92 Å². The monoisotopic (exact) mass is 459 g/mol. The molecule has 34 heavy (non-hydrogen) atoms. The van der Waals surface area contributed by atoms with Gasteiger partial charge in [-0.15, -0.1) is 0 Å². The van der Waals surface area contributed by atoms with Crippen LogP contribution in [0.3, 0.4) is 0 Å². The van der Waals surface area contributed by atoms with Crippen molar-refractivity contribution in [3.8, 4) is 11.1 Å². The lowest BCUT2D eigenvalue weighted by Crippen LogP contribution is -2.39. The number of aliphatic carboxylic acids is 1. The van der Waals surface area contributed by atoms with Crippen molar-refractivity contribution < 1.29 is 14.7 Å². The first-order valence-electron chi connectivity index (χ1n) is 11.5. The molecule has 1 amide bonds. The SMILES string of the molecule is Cc1cccc(C)c1-c1cncc([C@H](CC(=O)O)NC(=O)[C@H](CC2CC2)n2ccccc2=O)c1. The van der Waals surface area contributed by atoms with Crippen LogP contribution < -0.4 is 10.9 Å². The fraction of sp³-hybridized carbons (Fsp3) is 0.333. The fourth-order valence-electron chi connectivity index (χ4n) is 4.46. The van der Waals surface area contributed by atoms with E-state index in [1.807, 2.05) is 38.1 Å². The van der Waals surface area contributed by atoms with Crippen LogP contribution in [0.2, 0.25) is 0 Å². The zero-order valence-corrected chi connectivity index (χ0v) is 19.4. The molecule has 1 aliphatic rings. The van der Waals surface area contributed by atoms with E-state index in [4.69, 9.17) is 0 Å². The van der Waals surface area contributed by atoms with Gasteiger partial charge in [0.2, 0.25) is 5.91 Å². The number of benzene rings is 1. The Bertz CT molecular complexity index is 1240. The Hall–Kier alpha value is -3.74. The Morgan fingerprint density at radius 2 is 1.85 bits per heavy atom. The molecule has 2 atom stereocenters. The normalized spacial score (nSPS) is 14.9. The second kappa shape index (κ2) is 10.0. The lowest BCUT2D eigenvalue weighted by molar-refractivity contribution is -0.138. The lowest BCUT2D eigenvalue weighted by atomic mass is 9.94. The van der Waals surface area contributed by atoms with Gasteiger partial charge in [-0.05, 0) is 60.6 Å². The van der Waals surface area contributed by atoms with Crippen LogP contribution in [0, 0.1) is 19.8 Å². The third-order valence-electron chi connectivity index (χ3n) is 6.37. The number of aryl methyl sites for hydroxylation is 2. The summed E-state index contributed by atoms with van der Waals surface area (Å²) in [5.74, 6) is -0.989. The highest BCUT2D eigenvalue weighted by atomic mass is 16.4. The predicted molar refractivity (Wildman–Crippen MR) is 129 cm³/mol. The minimum absolute atomic E-state index is 0.253. The van der Waals surface area contributed by atoms with Gasteiger partial charge >= 0.3 is 5.97 Å². The van der Waals surface area contributed by atoms with Gasteiger partial charge in [-0.2, -0.15) is 0 Å². The number of carboxylic acids is 1. The second-order valence-electron chi connectivity index (χ2n) is 9.07. The first kappa shape index (κ1) is 23.4. The number of carbonyl (C=O) groups excluding carboxylic acids is 1. The van der Waals surface area contributed by atoms with E-state index >= 15 is 0 Å². The molecule has 3 aromatic rings. The first-order valence-corrected chi connectivity index (χ1v) is 11.5. The molecular formula is C27H29N3O4. The highest BCUT2D eigenvalue weighted by molar-refractivity contribution is 5.82. The average Bonchev–Trinajstić information content (AvgIpc) is 3.62. The van der Waals surface area contributed by atoms with E-state index in [9.17, 15) is 19.5 Å². The summed E-state index contributed by atoms with van der Waals surface area (Å²) in [6.45, 7) is 4.04. The van der Waals surface area contributed by atoms with E-state index in [0.29, 0.717) is 17.9 Å². The third kappa shape index (κ3) is 5.42. The summed E-state index contributed by atoms with van der Waals surface area (Å²) in [7, 11) is 0. The molecule has 2 aromatic heterocycles. The van der Waals surface area contributed by atoms with Crippen molar-refractivity contribution in [3.63, 3.8) is 0 Å². The zero-order chi connectivity index (χ0) is 24.2. The van der Waals surface area contributed by atoms with Crippen molar-refractivity contribution in [3.05, 3.63) is 88.1 Å². The standard InChI is InChI=1S/C27H29N3O4/c1-17-6-5-7-18(2)26(17)21-13-20(15-28-16-21)22(14-25(32)33)29-27(34)23(12-19-9-10-19)30-11-4-3-8-24(30)31/h3-8,11,13,15-16,19,22-23H,9-10,12,14H2,1-2H3,(H,29,34)(H,32,33)/t22-,23-/m0/s1. The van der Waals surface area contributed by atoms with Gasteiger partial charge in [0.1, 0.15) is 6.04 Å². The van der Waals surface area contributed by atoms with Crippen LogP contribution in [0.1, 0.15) is 54.5 Å². The summed E-state index contributed by atoms with van der Waals surface area (Å²) in [6, 6.07) is 11.3. The number of hydrogen-bond donors (Lipinski definition) is 2. The summed E-state index contributed by atoms with van der Waals surface area (Å²) >= 11 is 0. The van der Waals surface area contributed by atoms with Crippen LogP contribution in [0.4, 0.5) is 0 Å². The number of rotatable bonds is 9. The molecule has 4 rings (SSSR count). The van der Waals surface area contributed by atoms with Crippen molar-refractivity contribution in [1.29, 1.82) is 0 Å². The fourth-order valence-corrected chi connectivity index (χ4v) is 4.46. The summed E-state index contributed by atoms with van der Waals surface area (Å²) in [5, 5.41) is 12.5. The van der Waals surface area contributed by atoms with Crippen molar-refractivity contribution in [2.45, 2.75) is 51.6 Å². The van der Waals surface area contributed by atoms with Gasteiger partial charge in [0.15, 0.2) is 0 Å². The molecule has 1 aliphatic carbocycles. The number of hydrogen-bond acceptors (Lipinski definition) is 4. The van der Waals surface area contributed by atoms with Gasteiger partial charge in [-0.1, -0.05) is 37.1 Å². The average molecular weight is 460 g/mol. The molecule has 1 saturated carbocycles. The maximum atomic E-state index is 13.4. The summed E-state index contributed by atoms with van der Waals surface area (Å²) in [6.07, 6.45) is 7.29. The Labute approximate surface area is 198 Å². The maximum absolute atomic E-state index is 13.4. The van der Waals surface area contributed by atoms with Gasteiger partial charge in [-0.25, -0.2) is 0 Å². The Morgan fingerprint density at radius 3 is 2.50 bits per heavy atom. The van der Waals surface area contributed by atoms with Gasteiger partial charge < -0.3 is 15.0 Å². The highest BCUT2D eigenvalue weighted by Gasteiger charge is 2.32. The van der Waals surface area contributed by atoms with Crippen LogP contribution in [-0.2, 0) is 9.59 Å². The van der Waals surface area contributed by atoms with E-state index in [1.165, 1.54) is 10.6 Å². The molecule has 0 radical (unpaired) electrons. The molecule has 1 fully saturated rings. The molecule has 0 unspecified atom stereocenters. The Morgan fingerprint density at radius 1 is 1.12 bits per heavy atom.